The van der Waals surface area contributed by atoms with E-state index in [2.05, 4.69) is 5.32 Å². The number of alkyl halides is 1. The Labute approximate surface area is 58.1 Å². The second-order valence-corrected chi connectivity index (χ2v) is 2.30. The minimum absolute atomic E-state index is 0.0532. The van der Waals surface area contributed by atoms with Crippen LogP contribution in [-0.2, 0) is 4.79 Å². The Bertz CT molecular complexity index is 190. The van der Waals surface area contributed by atoms with Crippen LogP contribution in [0.15, 0.2) is 11.8 Å². The number of carbonyl (C=O) groups excluding carboxylic acids is 1. The zero-order valence-corrected chi connectivity index (χ0v) is 5.60. The molecule has 0 aromatic rings. The fourth-order valence-electron chi connectivity index (χ4n) is 0.803. The van der Waals surface area contributed by atoms with Crippen molar-refractivity contribution in [1.29, 1.82) is 0 Å². The molecule has 0 aliphatic carbocycles. The second-order valence-electron chi connectivity index (χ2n) is 2.30. The van der Waals surface area contributed by atoms with Gasteiger partial charge in [-0.15, -0.1) is 0 Å². The summed E-state index contributed by atoms with van der Waals surface area (Å²) in [6.45, 7) is 1.77. The van der Waals surface area contributed by atoms with Gasteiger partial charge in [0, 0.05) is 17.8 Å². The Balaban J connectivity index is 2.58. The van der Waals surface area contributed by atoms with Crippen LogP contribution in [0.4, 0.5) is 4.39 Å². The van der Waals surface area contributed by atoms with Gasteiger partial charge in [0.15, 0.2) is 0 Å². The number of hydrogen-bond donors (Lipinski definition) is 2. The predicted molar refractivity (Wildman–Crippen MR) is 34.8 cm³/mol. The molecule has 3 N–H and O–H groups in total. The summed E-state index contributed by atoms with van der Waals surface area (Å²) in [5, 5.41) is 2.78. The molecule has 1 aliphatic heterocycles. The van der Waals surface area contributed by atoms with Crippen molar-refractivity contribution < 1.29 is 9.18 Å². The molecule has 0 radical (unpaired) electrons. The second kappa shape index (κ2) is 2.28. The lowest BCUT2D eigenvalue weighted by molar-refractivity contribution is -0.121. The Hall–Kier alpha value is -1.06. The summed E-state index contributed by atoms with van der Waals surface area (Å²) < 4.78 is 12.6. The maximum absolute atomic E-state index is 12.6. The van der Waals surface area contributed by atoms with Gasteiger partial charge in [-0.2, -0.15) is 0 Å². The van der Waals surface area contributed by atoms with Crippen LogP contribution >= 0.6 is 0 Å². The Kier molecular flexibility index (Phi) is 1.61. The van der Waals surface area contributed by atoms with Crippen LogP contribution in [0, 0.1) is 0 Å². The maximum Gasteiger partial charge on any atom is 0.256 e. The number of amides is 1. The van der Waals surface area contributed by atoms with Crippen molar-refractivity contribution in [1.82, 2.24) is 5.32 Å². The van der Waals surface area contributed by atoms with Crippen LogP contribution in [0.1, 0.15) is 6.92 Å². The number of nitrogens with one attached hydrogen (secondary N) is 1. The number of rotatable bonds is 2. The van der Waals surface area contributed by atoms with Crippen LogP contribution in [0.3, 0.4) is 0 Å². The lowest BCUT2D eigenvalue weighted by Gasteiger charge is -2.26. The summed E-state index contributed by atoms with van der Waals surface area (Å²) in [7, 11) is 0. The van der Waals surface area contributed by atoms with Crippen molar-refractivity contribution in [3.8, 4) is 0 Å². The molecule has 0 fully saturated rings. The van der Waals surface area contributed by atoms with Gasteiger partial charge in [-0.1, -0.05) is 0 Å². The zero-order valence-electron chi connectivity index (χ0n) is 5.60. The fourth-order valence-corrected chi connectivity index (χ4v) is 0.803. The minimum Gasteiger partial charge on any atom is -0.384 e. The molecule has 1 rings (SSSR count). The van der Waals surface area contributed by atoms with E-state index in [1.54, 1.807) is 6.92 Å². The summed E-state index contributed by atoms with van der Waals surface area (Å²) in [6.07, 6.45) is -0.142. The van der Waals surface area contributed by atoms with E-state index in [4.69, 9.17) is 5.73 Å². The van der Waals surface area contributed by atoms with Crippen LogP contribution in [0.25, 0.3) is 0 Å². The van der Waals surface area contributed by atoms with Crippen molar-refractivity contribution >= 4 is 5.91 Å². The summed E-state index contributed by atoms with van der Waals surface area (Å²) in [5.41, 5.74) is 5.16. The molecule has 1 unspecified atom stereocenters. The topological polar surface area (TPSA) is 55.1 Å². The monoisotopic (exact) mass is 144 g/mol. The molecule has 1 aliphatic rings. The van der Waals surface area contributed by atoms with Gasteiger partial charge in [0.05, 0.1) is 0 Å². The smallest absolute Gasteiger partial charge is 0.256 e. The van der Waals surface area contributed by atoms with Gasteiger partial charge in [-0.25, -0.2) is 4.39 Å². The standard InChI is InChI=1S/C6H9FN2O/c1-3-4(2-9-3)5(7)6(8)10/h2-3,5,9H,1H3,(H2,8,10)/t3-,5?/m1/s1. The molecular weight excluding hydrogens is 135 g/mol. The summed E-state index contributed by atoms with van der Waals surface area (Å²) >= 11 is 0. The van der Waals surface area contributed by atoms with Gasteiger partial charge in [-0.05, 0) is 6.92 Å². The van der Waals surface area contributed by atoms with Crippen LogP contribution in [0.5, 0.6) is 0 Å². The van der Waals surface area contributed by atoms with Gasteiger partial charge in [-0.3, -0.25) is 4.79 Å². The van der Waals surface area contributed by atoms with Crippen molar-refractivity contribution in [3.63, 3.8) is 0 Å². The lowest BCUT2D eigenvalue weighted by atomic mass is 9.99. The molecule has 0 aromatic carbocycles. The van der Waals surface area contributed by atoms with Crippen molar-refractivity contribution in [2.75, 3.05) is 0 Å². The molecule has 0 bridgehead atoms. The molecule has 4 heteroatoms. The van der Waals surface area contributed by atoms with Gasteiger partial charge in [0.2, 0.25) is 6.17 Å². The molecule has 10 heavy (non-hydrogen) atoms. The third-order valence-electron chi connectivity index (χ3n) is 1.54. The number of carbonyl (C=O) groups is 1. The van der Waals surface area contributed by atoms with E-state index < -0.39 is 12.1 Å². The SMILES string of the molecule is C[C@H]1NC=C1C(F)C(N)=O. The van der Waals surface area contributed by atoms with E-state index in [-0.39, 0.29) is 6.04 Å². The number of halogens is 1. The molecule has 0 spiro atoms. The highest BCUT2D eigenvalue weighted by molar-refractivity contribution is 5.82. The Morgan fingerprint density at radius 3 is 2.70 bits per heavy atom. The van der Waals surface area contributed by atoms with Crippen molar-refractivity contribution in [2.45, 2.75) is 19.1 Å². The first-order valence-electron chi connectivity index (χ1n) is 3.02. The van der Waals surface area contributed by atoms with E-state index in [9.17, 15) is 9.18 Å². The number of hydrogen-bond acceptors (Lipinski definition) is 2. The minimum atomic E-state index is -1.61. The molecule has 1 heterocycles. The van der Waals surface area contributed by atoms with Crippen molar-refractivity contribution in [2.24, 2.45) is 5.73 Å². The molecule has 2 atom stereocenters. The molecule has 3 nitrogen and oxygen atoms in total. The van der Waals surface area contributed by atoms with E-state index in [0.717, 1.165) is 0 Å². The highest BCUT2D eigenvalue weighted by Crippen LogP contribution is 2.16. The molecule has 0 aromatic heterocycles. The van der Waals surface area contributed by atoms with Crippen LogP contribution in [-0.4, -0.2) is 18.1 Å². The Morgan fingerprint density at radius 2 is 2.60 bits per heavy atom. The number of nitrogens with two attached hydrogens (primary N) is 1. The Morgan fingerprint density at radius 1 is 2.00 bits per heavy atom. The first kappa shape index (κ1) is 7.05. The van der Waals surface area contributed by atoms with Gasteiger partial charge < -0.3 is 11.1 Å². The molecule has 0 saturated heterocycles. The third kappa shape index (κ3) is 0.964. The first-order chi connectivity index (χ1) is 4.63. The zero-order chi connectivity index (χ0) is 7.72. The summed E-state index contributed by atoms with van der Waals surface area (Å²) in [4.78, 5) is 10.3. The normalized spacial score (nSPS) is 25.8. The quantitative estimate of drug-likeness (QED) is 0.558. The lowest BCUT2D eigenvalue weighted by Crippen LogP contribution is -2.42. The molecular formula is C6H9FN2O. The first-order valence-corrected chi connectivity index (χ1v) is 3.02. The van der Waals surface area contributed by atoms with E-state index in [1.807, 2.05) is 0 Å². The fraction of sp³-hybridized carbons (Fsp3) is 0.500. The highest BCUT2D eigenvalue weighted by atomic mass is 19.1. The van der Waals surface area contributed by atoms with Crippen molar-refractivity contribution in [3.05, 3.63) is 11.8 Å². The van der Waals surface area contributed by atoms with Gasteiger partial charge in [0.25, 0.3) is 5.91 Å². The predicted octanol–water partition coefficient (Wildman–Crippen LogP) is -0.315. The van der Waals surface area contributed by atoms with Gasteiger partial charge >= 0.3 is 0 Å². The molecule has 0 saturated carbocycles. The van der Waals surface area contributed by atoms with E-state index >= 15 is 0 Å². The van der Waals surface area contributed by atoms with Gasteiger partial charge in [0.1, 0.15) is 0 Å². The maximum atomic E-state index is 12.6. The molecule has 56 valence electrons. The summed E-state index contributed by atoms with van der Waals surface area (Å²) in [6, 6.07) is -0.0532. The highest BCUT2D eigenvalue weighted by Gasteiger charge is 2.28. The van der Waals surface area contributed by atoms with Crippen LogP contribution < -0.4 is 11.1 Å². The summed E-state index contributed by atoms with van der Waals surface area (Å²) in [5.74, 6) is -0.917. The molecule has 1 amide bonds. The van der Waals surface area contributed by atoms with Crippen LogP contribution in [0.2, 0.25) is 0 Å². The largest absolute Gasteiger partial charge is 0.384 e. The average Bonchev–Trinajstić information content (AvgIpc) is 1.84. The average molecular weight is 144 g/mol. The third-order valence-corrected chi connectivity index (χ3v) is 1.54. The van der Waals surface area contributed by atoms with E-state index in [1.165, 1.54) is 6.20 Å². The number of primary amides is 1. The van der Waals surface area contributed by atoms with E-state index in [0.29, 0.717) is 5.57 Å².